The SMILES string of the molecule is CCCCCCCCc1c(C)c(C)c(O)c(CCCCCCCC)c1SC. The summed E-state index contributed by atoms with van der Waals surface area (Å²) in [6, 6.07) is 0. The molecule has 0 fully saturated rings. The monoisotopic (exact) mass is 392 g/mol. The molecule has 0 amide bonds. The molecule has 0 heterocycles. The molecule has 1 aromatic carbocycles. The van der Waals surface area contributed by atoms with Crippen LogP contribution < -0.4 is 0 Å². The molecule has 1 nitrogen and oxygen atoms in total. The first-order valence-corrected chi connectivity index (χ1v) is 12.7. The van der Waals surface area contributed by atoms with Crippen molar-refractivity contribution in [2.24, 2.45) is 0 Å². The van der Waals surface area contributed by atoms with Gasteiger partial charge >= 0.3 is 0 Å². The molecule has 0 aliphatic rings. The number of rotatable bonds is 15. The van der Waals surface area contributed by atoms with Gasteiger partial charge in [0.25, 0.3) is 0 Å². The molecule has 0 spiro atoms. The van der Waals surface area contributed by atoms with Gasteiger partial charge < -0.3 is 5.11 Å². The third kappa shape index (κ3) is 8.10. The van der Waals surface area contributed by atoms with Crippen molar-refractivity contribution in [1.29, 1.82) is 0 Å². The van der Waals surface area contributed by atoms with Crippen LogP contribution in [0.2, 0.25) is 0 Å². The molecule has 0 unspecified atom stereocenters. The number of aromatic hydroxyl groups is 1. The Morgan fingerprint density at radius 1 is 0.630 bits per heavy atom. The fraction of sp³-hybridized carbons (Fsp3) is 0.760. The maximum absolute atomic E-state index is 10.8. The molecule has 1 N–H and O–H groups in total. The van der Waals surface area contributed by atoms with Gasteiger partial charge in [-0.05, 0) is 62.5 Å². The summed E-state index contributed by atoms with van der Waals surface area (Å²) < 4.78 is 0. The summed E-state index contributed by atoms with van der Waals surface area (Å²) in [6.45, 7) is 8.85. The van der Waals surface area contributed by atoms with E-state index in [0.29, 0.717) is 5.75 Å². The van der Waals surface area contributed by atoms with Crippen LogP contribution in [0.4, 0.5) is 0 Å². The highest BCUT2D eigenvalue weighted by atomic mass is 32.2. The molecule has 156 valence electrons. The molecule has 0 saturated carbocycles. The van der Waals surface area contributed by atoms with E-state index in [-0.39, 0.29) is 0 Å². The molecular formula is C25H44OS. The van der Waals surface area contributed by atoms with Crippen LogP contribution >= 0.6 is 11.8 Å². The van der Waals surface area contributed by atoms with Crippen molar-refractivity contribution >= 4 is 11.8 Å². The van der Waals surface area contributed by atoms with E-state index in [9.17, 15) is 5.11 Å². The average molecular weight is 393 g/mol. The molecule has 0 aromatic heterocycles. The highest BCUT2D eigenvalue weighted by Gasteiger charge is 2.18. The second-order valence-electron chi connectivity index (χ2n) is 8.12. The summed E-state index contributed by atoms with van der Waals surface area (Å²) in [6.07, 6.45) is 20.2. The minimum atomic E-state index is 0.567. The third-order valence-corrected chi connectivity index (χ3v) is 6.87. The standard InChI is InChI=1S/C25H44OS/c1-6-8-10-12-14-16-18-22-20(3)21(4)24(26)23(25(22)27-5)19-17-15-13-11-9-7-2/h26H,6-19H2,1-5H3. The van der Waals surface area contributed by atoms with E-state index < -0.39 is 0 Å². The first kappa shape index (κ1) is 24.4. The van der Waals surface area contributed by atoms with Crippen LogP contribution in [0, 0.1) is 13.8 Å². The van der Waals surface area contributed by atoms with Gasteiger partial charge in [-0.3, -0.25) is 0 Å². The van der Waals surface area contributed by atoms with Gasteiger partial charge in [-0.2, -0.15) is 0 Å². The number of phenols is 1. The van der Waals surface area contributed by atoms with Gasteiger partial charge in [0.1, 0.15) is 5.75 Å². The number of unbranched alkanes of at least 4 members (excludes halogenated alkanes) is 10. The Balaban J connectivity index is 2.76. The summed E-state index contributed by atoms with van der Waals surface area (Å²) >= 11 is 1.84. The zero-order valence-corrected chi connectivity index (χ0v) is 19.6. The average Bonchev–Trinajstić information content (AvgIpc) is 2.67. The molecule has 0 bridgehead atoms. The van der Waals surface area contributed by atoms with Gasteiger partial charge in [0, 0.05) is 10.5 Å². The highest BCUT2D eigenvalue weighted by Crippen LogP contribution is 2.39. The van der Waals surface area contributed by atoms with Crippen molar-refractivity contribution in [3.05, 3.63) is 22.3 Å². The molecule has 0 saturated heterocycles. The quantitative estimate of drug-likeness (QED) is 0.238. The number of thioether (sulfide) groups is 1. The van der Waals surface area contributed by atoms with Crippen molar-refractivity contribution in [2.75, 3.05) is 6.26 Å². The van der Waals surface area contributed by atoms with E-state index in [4.69, 9.17) is 0 Å². The molecule has 0 atom stereocenters. The first-order valence-electron chi connectivity index (χ1n) is 11.5. The smallest absolute Gasteiger partial charge is 0.123 e. The zero-order chi connectivity index (χ0) is 20.1. The van der Waals surface area contributed by atoms with E-state index in [1.165, 1.54) is 105 Å². The largest absolute Gasteiger partial charge is 0.507 e. The Morgan fingerprint density at radius 3 is 1.56 bits per heavy atom. The van der Waals surface area contributed by atoms with Gasteiger partial charge in [-0.25, -0.2) is 0 Å². The van der Waals surface area contributed by atoms with Gasteiger partial charge in [-0.1, -0.05) is 78.1 Å². The minimum Gasteiger partial charge on any atom is -0.507 e. The van der Waals surface area contributed by atoms with Crippen molar-refractivity contribution in [3.8, 4) is 5.75 Å². The van der Waals surface area contributed by atoms with E-state index in [2.05, 4.69) is 34.0 Å². The Morgan fingerprint density at radius 2 is 1.07 bits per heavy atom. The van der Waals surface area contributed by atoms with Crippen molar-refractivity contribution < 1.29 is 5.11 Å². The van der Waals surface area contributed by atoms with E-state index in [1.54, 1.807) is 0 Å². The van der Waals surface area contributed by atoms with E-state index >= 15 is 0 Å². The number of hydrogen-bond acceptors (Lipinski definition) is 2. The predicted molar refractivity (Wildman–Crippen MR) is 124 cm³/mol. The lowest BCUT2D eigenvalue weighted by atomic mass is 9.92. The lowest BCUT2D eigenvalue weighted by Gasteiger charge is -2.20. The van der Waals surface area contributed by atoms with Crippen LogP contribution in [0.15, 0.2) is 4.90 Å². The van der Waals surface area contributed by atoms with E-state index in [1.807, 2.05) is 11.8 Å². The minimum absolute atomic E-state index is 0.567. The second kappa shape index (κ2) is 14.4. The fourth-order valence-corrected chi connectivity index (χ4v) is 4.98. The van der Waals surface area contributed by atoms with Crippen LogP contribution in [0.5, 0.6) is 5.75 Å². The number of benzene rings is 1. The lowest BCUT2D eigenvalue weighted by Crippen LogP contribution is -2.03. The fourth-order valence-electron chi connectivity index (χ4n) is 4.03. The molecular weight excluding hydrogens is 348 g/mol. The van der Waals surface area contributed by atoms with E-state index in [0.717, 1.165) is 12.0 Å². The van der Waals surface area contributed by atoms with Crippen LogP contribution in [-0.2, 0) is 12.8 Å². The molecule has 2 heteroatoms. The number of hydrogen-bond donors (Lipinski definition) is 1. The summed E-state index contributed by atoms with van der Waals surface area (Å²) in [5.41, 5.74) is 5.16. The van der Waals surface area contributed by atoms with Gasteiger partial charge in [0.05, 0.1) is 0 Å². The Labute approximate surface area is 173 Å². The van der Waals surface area contributed by atoms with Crippen LogP contribution in [0.3, 0.4) is 0 Å². The summed E-state index contributed by atoms with van der Waals surface area (Å²) in [4.78, 5) is 1.37. The van der Waals surface area contributed by atoms with Crippen molar-refractivity contribution in [3.63, 3.8) is 0 Å². The van der Waals surface area contributed by atoms with Crippen LogP contribution in [-0.4, -0.2) is 11.4 Å². The van der Waals surface area contributed by atoms with Gasteiger partial charge in [0.15, 0.2) is 0 Å². The highest BCUT2D eigenvalue weighted by molar-refractivity contribution is 7.98. The summed E-state index contributed by atoms with van der Waals surface area (Å²) in [5, 5.41) is 10.8. The maximum atomic E-state index is 10.8. The second-order valence-corrected chi connectivity index (χ2v) is 8.94. The summed E-state index contributed by atoms with van der Waals surface area (Å²) in [5.74, 6) is 0.567. The normalized spacial score (nSPS) is 11.3. The summed E-state index contributed by atoms with van der Waals surface area (Å²) in [7, 11) is 0. The predicted octanol–water partition coefficient (Wildman–Crippen LogP) is 8.54. The Hall–Kier alpha value is -0.630. The van der Waals surface area contributed by atoms with Crippen LogP contribution in [0.25, 0.3) is 0 Å². The van der Waals surface area contributed by atoms with Crippen LogP contribution in [0.1, 0.15) is 113 Å². The molecule has 0 radical (unpaired) electrons. The Kier molecular flexibility index (Phi) is 13.0. The lowest BCUT2D eigenvalue weighted by molar-refractivity contribution is 0.457. The molecule has 1 rings (SSSR count). The molecule has 0 aliphatic carbocycles. The van der Waals surface area contributed by atoms with Gasteiger partial charge in [0.2, 0.25) is 0 Å². The first-order chi connectivity index (χ1) is 13.1. The zero-order valence-electron chi connectivity index (χ0n) is 18.8. The number of phenolic OH excluding ortho intramolecular Hbond substituents is 1. The third-order valence-electron chi connectivity index (χ3n) is 5.97. The Bertz CT molecular complexity index is 493. The van der Waals surface area contributed by atoms with Gasteiger partial charge in [-0.15, -0.1) is 11.8 Å². The molecule has 0 aliphatic heterocycles. The molecule has 27 heavy (non-hydrogen) atoms. The van der Waals surface area contributed by atoms with Crippen molar-refractivity contribution in [1.82, 2.24) is 0 Å². The topological polar surface area (TPSA) is 20.2 Å². The molecule has 1 aromatic rings. The van der Waals surface area contributed by atoms with Crippen molar-refractivity contribution in [2.45, 2.75) is 122 Å². The maximum Gasteiger partial charge on any atom is 0.123 e.